The Hall–Kier alpha value is -5.61. The van der Waals surface area contributed by atoms with Crippen LogP contribution in [0.15, 0.2) is 67.0 Å². The summed E-state index contributed by atoms with van der Waals surface area (Å²) in [6.45, 7) is 3.89. The van der Waals surface area contributed by atoms with Crippen LogP contribution in [0.3, 0.4) is 0 Å². The summed E-state index contributed by atoms with van der Waals surface area (Å²) in [6, 6.07) is 14.4. The van der Waals surface area contributed by atoms with E-state index in [-0.39, 0.29) is 29.9 Å². The number of methoxy groups -OCH3 is 1. The van der Waals surface area contributed by atoms with Crippen molar-refractivity contribution in [2.24, 2.45) is 5.92 Å². The number of aromatic nitrogens is 4. The lowest BCUT2D eigenvalue weighted by atomic mass is 9.98. The summed E-state index contributed by atoms with van der Waals surface area (Å²) < 4.78 is 60.4. The highest BCUT2D eigenvalue weighted by atomic mass is 19.4. The Kier molecular flexibility index (Phi) is 11.2. The first-order valence-electron chi connectivity index (χ1n) is 15.8. The lowest BCUT2D eigenvalue weighted by molar-refractivity contribution is -0.138. The SMILES string of the molecule is CC(=O)O.COc1cc(-c2nn(-c3ccc(CN4CCCC(CO)C4)cc3)c3ncnc(N)c23)ccc1NC(=O)c1ccc(C(F)(F)F)cc1F. The van der Waals surface area contributed by atoms with Gasteiger partial charge in [0, 0.05) is 32.2 Å². The standard InChI is InChI=1S/C33H31F4N7O3.C2H4O2/c1-47-27-13-21(6-11-26(27)41-32(46)24-10-7-22(14-25(24)34)33(35,36)37)29-28-30(38)39-18-40-31(28)44(42-29)23-8-4-19(5-9-23)15-43-12-2-3-20(16-43)17-45;1-2(3)4/h4-11,13-14,18,20,45H,2-3,12,15-17H2,1H3,(H,41,46)(H2,38,39,40);1H3,(H,3,4). The van der Waals surface area contributed by atoms with Gasteiger partial charge in [-0.05, 0) is 73.3 Å². The molecule has 0 spiro atoms. The number of nitrogens with one attached hydrogen (secondary N) is 1. The highest BCUT2D eigenvalue weighted by Crippen LogP contribution is 2.37. The number of nitrogens with two attached hydrogens (primary N) is 1. The number of halogens is 4. The number of nitrogens with zero attached hydrogens (tertiary/aromatic N) is 5. The summed E-state index contributed by atoms with van der Waals surface area (Å²) in [6.07, 6.45) is -1.30. The van der Waals surface area contributed by atoms with Crippen molar-refractivity contribution in [3.05, 3.63) is 89.5 Å². The number of ether oxygens (including phenoxy) is 1. The third kappa shape index (κ3) is 8.59. The zero-order chi connectivity index (χ0) is 36.9. The summed E-state index contributed by atoms with van der Waals surface area (Å²) in [4.78, 5) is 32.8. The molecule has 51 heavy (non-hydrogen) atoms. The van der Waals surface area contributed by atoms with Gasteiger partial charge in [0.1, 0.15) is 29.4 Å². The van der Waals surface area contributed by atoms with Gasteiger partial charge < -0.3 is 26.0 Å². The van der Waals surface area contributed by atoms with Crippen LogP contribution in [0.5, 0.6) is 5.75 Å². The van der Waals surface area contributed by atoms with Gasteiger partial charge in [-0.25, -0.2) is 19.0 Å². The number of hydrogen-bond donors (Lipinski definition) is 4. The van der Waals surface area contributed by atoms with Crippen LogP contribution in [0.1, 0.15) is 41.3 Å². The number of nitrogen functional groups attached to an aromatic ring is 1. The first-order valence-corrected chi connectivity index (χ1v) is 15.8. The topological polar surface area (TPSA) is 169 Å². The highest BCUT2D eigenvalue weighted by Gasteiger charge is 2.32. The number of piperidine rings is 1. The quantitative estimate of drug-likeness (QED) is 0.145. The molecule has 6 rings (SSSR count). The molecule has 3 aromatic carbocycles. The molecule has 1 amide bonds. The van der Waals surface area contributed by atoms with E-state index in [1.54, 1.807) is 16.8 Å². The normalized spacial score (nSPS) is 14.8. The molecule has 16 heteroatoms. The molecule has 1 aliphatic heterocycles. The fourth-order valence-corrected chi connectivity index (χ4v) is 5.81. The molecular weight excluding hydrogens is 674 g/mol. The van der Waals surface area contributed by atoms with Crippen LogP contribution in [-0.4, -0.2) is 73.5 Å². The number of carbonyl (C=O) groups excluding carboxylic acids is 1. The summed E-state index contributed by atoms with van der Waals surface area (Å²) in [5, 5.41) is 24.8. The van der Waals surface area contributed by atoms with Crippen LogP contribution in [0, 0.1) is 11.7 Å². The van der Waals surface area contributed by atoms with Crippen molar-refractivity contribution in [1.82, 2.24) is 24.6 Å². The molecule has 0 bridgehead atoms. The maximum Gasteiger partial charge on any atom is 0.416 e. The number of alkyl halides is 3. The lowest BCUT2D eigenvalue weighted by Gasteiger charge is -2.31. The maximum atomic E-state index is 14.4. The van der Waals surface area contributed by atoms with Gasteiger partial charge in [0.15, 0.2) is 5.65 Å². The third-order valence-corrected chi connectivity index (χ3v) is 8.21. The number of rotatable bonds is 8. The van der Waals surface area contributed by atoms with Crippen molar-refractivity contribution in [3.8, 4) is 22.7 Å². The predicted octanol–water partition coefficient (Wildman–Crippen LogP) is 5.78. The van der Waals surface area contributed by atoms with E-state index in [0.717, 1.165) is 56.7 Å². The summed E-state index contributed by atoms with van der Waals surface area (Å²) in [5.41, 5.74) is 8.01. The number of carboxylic acids is 1. The van der Waals surface area contributed by atoms with E-state index in [0.29, 0.717) is 34.3 Å². The lowest BCUT2D eigenvalue weighted by Crippen LogP contribution is -2.36. The Bertz CT molecular complexity index is 2030. The molecule has 1 aliphatic rings. The number of aliphatic hydroxyl groups is 1. The van der Waals surface area contributed by atoms with Crippen LogP contribution in [0.4, 0.5) is 29.1 Å². The van der Waals surface area contributed by atoms with Gasteiger partial charge in [0.25, 0.3) is 11.9 Å². The Morgan fingerprint density at radius 3 is 2.45 bits per heavy atom. The molecule has 0 saturated carbocycles. The minimum atomic E-state index is -4.75. The van der Waals surface area contributed by atoms with Crippen LogP contribution < -0.4 is 15.8 Å². The summed E-state index contributed by atoms with van der Waals surface area (Å²) in [5.74, 6) is -2.41. The number of benzene rings is 3. The van der Waals surface area contributed by atoms with Gasteiger partial charge in [0.2, 0.25) is 0 Å². The van der Waals surface area contributed by atoms with Crippen molar-refractivity contribution in [3.63, 3.8) is 0 Å². The fraction of sp³-hybridized carbons (Fsp3) is 0.286. The molecular formula is C35H35F4N7O5. The molecule has 1 unspecified atom stereocenters. The first kappa shape index (κ1) is 36.7. The monoisotopic (exact) mass is 709 g/mol. The number of fused-ring (bicyclic) bond motifs is 1. The molecule has 5 N–H and O–H groups in total. The molecule has 1 atom stereocenters. The van der Waals surface area contributed by atoms with Crippen molar-refractivity contribution in [2.45, 2.75) is 32.5 Å². The number of anilines is 2. The van der Waals surface area contributed by atoms with Crippen molar-refractivity contribution >= 4 is 34.4 Å². The number of amides is 1. The van der Waals surface area contributed by atoms with E-state index in [2.05, 4.69) is 20.2 Å². The van der Waals surface area contributed by atoms with E-state index in [4.69, 9.17) is 25.5 Å². The summed E-state index contributed by atoms with van der Waals surface area (Å²) >= 11 is 0. The van der Waals surface area contributed by atoms with E-state index in [1.165, 1.54) is 19.5 Å². The van der Waals surface area contributed by atoms with Crippen molar-refractivity contribution in [1.29, 1.82) is 0 Å². The van der Waals surface area contributed by atoms with Crippen LogP contribution in [0.25, 0.3) is 28.0 Å². The summed E-state index contributed by atoms with van der Waals surface area (Å²) in [7, 11) is 1.37. The van der Waals surface area contributed by atoms with E-state index in [1.807, 2.05) is 24.3 Å². The van der Waals surface area contributed by atoms with Crippen LogP contribution in [-0.2, 0) is 17.5 Å². The largest absolute Gasteiger partial charge is 0.495 e. The minimum Gasteiger partial charge on any atom is -0.495 e. The Morgan fingerprint density at radius 1 is 1.08 bits per heavy atom. The number of carboxylic acid groups (broad SMARTS) is 1. The van der Waals surface area contributed by atoms with E-state index < -0.39 is 35.0 Å². The fourth-order valence-electron chi connectivity index (χ4n) is 5.81. The second-order valence-electron chi connectivity index (χ2n) is 11.9. The Labute approximate surface area is 289 Å². The number of hydrogen-bond acceptors (Lipinski definition) is 9. The predicted molar refractivity (Wildman–Crippen MR) is 181 cm³/mol. The Morgan fingerprint density at radius 2 is 1.80 bits per heavy atom. The van der Waals surface area contributed by atoms with Gasteiger partial charge in [-0.15, -0.1) is 0 Å². The molecule has 0 radical (unpaired) electrons. The molecule has 12 nitrogen and oxygen atoms in total. The molecule has 5 aromatic rings. The van der Waals surface area contributed by atoms with Crippen molar-refractivity contribution < 1.29 is 42.1 Å². The molecule has 1 fully saturated rings. The maximum absolute atomic E-state index is 14.4. The van der Waals surface area contributed by atoms with Gasteiger partial charge in [-0.2, -0.15) is 18.3 Å². The van der Waals surface area contributed by atoms with Gasteiger partial charge in [-0.1, -0.05) is 18.2 Å². The third-order valence-electron chi connectivity index (χ3n) is 8.21. The Balaban J connectivity index is 0.00000120. The number of likely N-dealkylation sites (tertiary alicyclic amines) is 1. The van der Waals surface area contributed by atoms with Crippen LogP contribution in [0.2, 0.25) is 0 Å². The zero-order valence-electron chi connectivity index (χ0n) is 27.6. The molecule has 3 heterocycles. The van der Waals surface area contributed by atoms with Gasteiger partial charge in [-0.3, -0.25) is 14.5 Å². The van der Waals surface area contributed by atoms with Crippen molar-refractivity contribution in [2.75, 3.05) is 37.9 Å². The zero-order valence-corrected chi connectivity index (χ0v) is 27.6. The number of aliphatic hydroxyl groups excluding tert-OH is 1. The number of carbonyl (C=O) groups is 2. The molecule has 2 aromatic heterocycles. The second-order valence-corrected chi connectivity index (χ2v) is 11.9. The average molecular weight is 710 g/mol. The molecule has 268 valence electrons. The smallest absolute Gasteiger partial charge is 0.416 e. The molecule has 0 aliphatic carbocycles. The van der Waals surface area contributed by atoms with Crippen LogP contribution >= 0.6 is 0 Å². The van der Waals surface area contributed by atoms with E-state index >= 15 is 0 Å². The van der Waals surface area contributed by atoms with E-state index in [9.17, 15) is 27.5 Å². The van der Waals surface area contributed by atoms with Gasteiger partial charge in [0.05, 0.1) is 35.0 Å². The number of aliphatic carboxylic acids is 1. The van der Waals surface area contributed by atoms with Gasteiger partial charge >= 0.3 is 6.18 Å². The minimum absolute atomic E-state index is 0.156. The highest BCUT2D eigenvalue weighted by molar-refractivity contribution is 6.06. The second kappa shape index (κ2) is 15.5. The first-order chi connectivity index (χ1) is 24.3. The average Bonchev–Trinajstić information content (AvgIpc) is 3.49. The molecule has 1 saturated heterocycles.